The first kappa shape index (κ1) is 15.2. The number of rotatable bonds is 5. The number of hydrogen-bond donors (Lipinski definition) is 0. The second kappa shape index (κ2) is 6.48. The van der Waals surface area contributed by atoms with Gasteiger partial charge in [-0.25, -0.2) is 0 Å². The van der Waals surface area contributed by atoms with Crippen LogP contribution in [-0.2, 0) is 6.61 Å². The maximum absolute atomic E-state index is 11.0. The number of benzene rings is 2. The standard InChI is InChI=1S/C13H9IN2O5/c14-10-2-1-3-12(6-10)21-8-9-4-5-11(15(17)18)7-13(9)16(19)20/h1-7H,8H2. The normalized spacial score (nSPS) is 10.1. The second-order valence-corrected chi connectivity index (χ2v) is 5.32. The fourth-order valence-corrected chi connectivity index (χ4v) is 2.19. The molecule has 2 aromatic carbocycles. The summed E-state index contributed by atoms with van der Waals surface area (Å²) in [6, 6.07) is 10.7. The molecule has 0 spiro atoms. The highest BCUT2D eigenvalue weighted by molar-refractivity contribution is 14.1. The molecule has 0 aromatic heterocycles. The van der Waals surface area contributed by atoms with Crippen LogP contribution in [0.4, 0.5) is 11.4 Å². The summed E-state index contributed by atoms with van der Waals surface area (Å²) >= 11 is 2.13. The fourth-order valence-electron chi connectivity index (χ4n) is 1.68. The van der Waals surface area contributed by atoms with Crippen LogP contribution < -0.4 is 4.74 Å². The van der Waals surface area contributed by atoms with Crippen LogP contribution in [0.5, 0.6) is 5.75 Å². The molecular weight excluding hydrogens is 391 g/mol. The van der Waals surface area contributed by atoms with Gasteiger partial charge in [0.05, 0.1) is 21.5 Å². The van der Waals surface area contributed by atoms with E-state index in [9.17, 15) is 20.2 Å². The molecule has 0 bridgehead atoms. The van der Waals surface area contributed by atoms with Gasteiger partial charge in [0, 0.05) is 9.64 Å². The lowest BCUT2D eigenvalue weighted by atomic mass is 10.1. The highest BCUT2D eigenvalue weighted by Gasteiger charge is 2.19. The van der Waals surface area contributed by atoms with Crippen molar-refractivity contribution < 1.29 is 14.6 Å². The molecule has 21 heavy (non-hydrogen) atoms. The molecule has 0 atom stereocenters. The van der Waals surface area contributed by atoms with Gasteiger partial charge >= 0.3 is 0 Å². The quantitative estimate of drug-likeness (QED) is 0.434. The molecule has 0 unspecified atom stereocenters. The molecule has 0 heterocycles. The van der Waals surface area contributed by atoms with E-state index < -0.39 is 9.85 Å². The minimum Gasteiger partial charge on any atom is -0.489 e. The molecule has 0 aliphatic rings. The van der Waals surface area contributed by atoms with Crippen LogP contribution in [0.1, 0.15) is 5.56 Å². The zero-order valence-electron chi connectivity index (χ0n) is 10.6. The van der Waals surface area contributed by atoms with Gasteiger partial charge in [0.25, 0.3) is 11.4 Å². The summed E-state index contributed by atoms with van der Waals surface area (Å²) in [5.74, 6) is 0.578. The Bertz CT molecular complexity index is 705. The average molecular weight is 400 g/mol. The van der Waals surface area contributed by atoms with Crippen LogP contribution in [0.25, 0.3) is 0 Å². The van der Waals surface area contributed by atoms with Gasteiger partial charge in [-0.15, -0.1) is 0 Å². The molecular formula is C13H9IN2O5. The third kappa shape index (κ3) is 3.88. The van der Waals surface area contributed by atoms with E-state index >= 15 is 0 Å². The number of halogens is 1. The maximum atomic E-state index is 11.0. The van der Waals surface area contributed by atoms with E-state index in [0.29, 0.717) is 5.75 Å². The molecule has 8 heteroatoms. The third-order valence-electron chi connectivity index (χ3n) is 2.67. The number of hydrogen-bond acceptors (Lipinski definition) is 5. The summed E-state index contributed by atoms with van der Waals surface area (Å²) in [7, 11) is 0. The first-order chi connectivity index (χ1) is 9.97. The van der Waals surface area contributed by atoms with Crippen LogP contribution in [0.3, 0.4) is 0 Å². The zero-order valence-corrected chi connectivity index (χ0v) is 12.7. The summed E-state index contributed by atoms with van der Waals surface area (Å²) < 4.78 is 6.46. The maximum Gasteiger partial charge on any atom is 0.282 e. The molecule has 108 valence electrons. The summed E-state index contributed by atoms with van der Waals surface area (Å²) in [6.45, 7) is -0.0333. The Labute approximate surface area is 133 Å². The van der Waals surface area contributed by atoms with Crippen LogP contribution in [0.15, 0.2) is 42.5 Å². The Morgan fingerprint density at radius 3 is 2.43 bits per heavy atom. The van der Waals surface area contributed by atoms with E-state index in [2.05, 4.69) is 22.6 Å². The average Bonchev–Trinajstić information content (AvgIpc) is 2.44. The molecule has 7 nitrogen and oxygen atoms in total. The Morgan fingerprint density at radius 2 is 1.81 bits per heavy atom. The number of ether oxygens (including phenoxy) is 1. The molecule has 0 aliphatic heterocycles. The van der Waals surface area contributed by atoms with Crippen molar-refractivity contribution in [2.24, 2.45) is 0 Å². The van der Waals surface area contributed by atoms with Gasteiger partial charge in [-0.1, -0.05) is 6.07 Å². The lowest BCUT2D eigenvalue weighted by Crippen LogP contribution is -2.02. The second-order valence-electron chi connectivity index (χ2n) is 4.07. The SMILES string of the molecule is O=[N+]([O-])c1ccc(COc2cccc(I)c2)c([N+](=O)[O-])c1. The molecule has 0 fully saturated rings. The summed E-state index contributed by atoms with van der Waals surface area (Å²) in [5.41, 5.74) is -0.362. The molecule has 0 N–H and O–H groups in total. The highest BCUT2D eigenvalue weighted by Crippen LogP contribution is 2.26. The van der Waals surface area contributed by atoms with Crippen molar-refractivity contribution in [2.45, 2.75) is 6.61 Å². The van der Waals surface area contributed by atoms with Crippen LogP contribution in [-0.4, -0.2) is 9.85 Å². The van der Waals surface area contributed by atoms with Crippen LogP contribution >= 0.6 is 22.6 Å². The first-order valence-electron chi connectivity index (χ1n) is 5.77. The van der Waals surface area contributed by atoms with E-state index in [4.69, 9.17) is 4.74 Å². The van der Waals surface area contributed by atoms with Crippen molar-refractivity contribution in [2.75, 3.05) is 0 Å². The van der Waals surface area contributed by atoms with Gasteiger partial charge < -0.3 is 4.74 Å². The smallest absolute Gasteiger partial charge is 0.282 e. The molecule has 0 saturated heterocycles. The van der Waals surface area contributed by atoms with E-state index in [1.54, 1.807) is 18.2 Å². The third-order valence-corrected chi connectivity index (χ3v) is 3.34. The van der Waals surface area contributed by atoms with E-state index in [1.165, 1.54) is 12.1 Å². The van der Waals surface area contributed by atoms with Gasteiger partial charge in [0.15, 0.2) is 0 Å². The predicted octanol–water partition coefficient (Wildman–Crippen LogP) is 3.69. The molecule has 0 radical (unpaired) electrons. The minimum atomic E-state index is -0.669. The van der Waals surface area contributed by atoms with Crippen LogP contribution in [0.2, 0.25) is 0 Å². The Morgan fingerprint density at radius 1 is 1.05 bits per heavy atom. The number of non-ortho nitro benzene ring substituents is 1. The Kier molecular flexibility index (Phi) is 4.68. The Balaban J connectivity index is 2.23. The molecule has 2 rings (SSSR count). The molecule has 0 saturated carbocycles. The number of nitro benzene ring substituents is 2. The monoisotopic (exact) mass is 400 g/mol. The van der Waals surface area contributed by atoms with E-state index in [1.807, 2.05) is 6.07 Å². The molecule has 0 aliphatic carbocycles. The number of nitrogens with zero attached hydrogens (tertiary/aromatic N) is 2. The Hall–Kier alpha value is -2.23. The number of nitro groups is 2. The molecule has 2 aromatic rings. The van der Waals surface area contributed by atoms with Gasteiger partial charge in [0.1, 0.15) is 12.4 Å². The highest BCUT2D eigenvalue weighted by atomic mass is 127. The van der Waals surface area contributed by atoms with Crippen molar-refractivity contribution in [3.05, 3.63) is 71.8 Å². The van der Waals surface area contributed by atoms with Crippen molar-refractivity contribution in [1.29, 1.82) is 0 Å². The summed E-state index contributed by atoms with van der Waals surface area (Å²) in [5, 5.41) is 21.6. The summed E-state index contributed by atoms with van der Waals surface area (Å²) in [4.78, 5) is 20.3. The minimum absolute atomic E-state index is 0.0333. The lowest BCUT2D eigenvalue weighted by molar-refractivity contribution is -0.394. The summed E-state index contributed by atoms with van der Waals surface area (Å²) in [6.07, 6.45) is 0. The zero-order chi connectivity index (χ0) is 15.4. The topological polar surface area (TPSA) is 95.5 Å². The van der Waals surface area contributed by atoms with Crippen molar-refractivity contribution in [3.63, 3.8) is 0 Å². The van der Waals surface area contributed by atoms with Gasteiger partial charge in [0.2, 0.25) is 0 Å². The largest absolute Gasteiger partial charge is 0.489 e. The predicted molar refractivity (Wildman–Crippen MR) is 83.2 cm³/mol. The van der Waals surface area contributed by atoms with Crippen LogP contribution in [0, 0.1) is 23.8 Å². The van der Waals surface area contributed by atoms with Gasteiger partial charge in [-0.2, -0.15) is 0 Å². The van der Waals surface area contributed by atoms with Crippen molar-refractivity contribution in [3.8, 4) is 5.75 Å². The van der Waals surface area contributed by atoms with Crippen molar-refractivity contribution in [1.82, 2.24) is 0 Å². The van der Waals surface area contributed by atoms with Crippen molar-refractivity contribution >= 4 is 34.0 Å². The van der Waals surface area contributed by atoms with Gasteiger partial charge in [-0.3, -0.25) is 20.2 Å². The first-order valence-corrected chi connectivity index (χ1v) is 6.85. The van der Waals surface area contributed by atoms with Gasteiger partial charge in [-0.05, 0) is 46.9 Å². The van der Waals surface area contributed by atoms with E-state index in [-0.39, 0.29) is 23.5 Å². The lowest BCUT2D eigenvalue weighted by Gasteiger charge is -2.07. The fraction of sp³-hybridized carbons (Fsp3) is 0.0769. The molecule has 0 amide bonds. The van der Waals surface area contributed by atoms with E-state index in [0.717, 1.165) is 9.64 Å².